The number of amides is 1. The van der Waals surface area contributed by atoms with Gasteiger partial charge in [-0.25, -0.2) is 0 Å². The van der Waals surface area contributed by atoms with E-state index in [1.807, 2.05) is 56.3 Å². The molecule has 4 rings (SSSR count). The number of hydrogen-bond acceptors (Lipinski definition) is 5. The summed E-state index contributed by atoms with van der Waals surface area (Å²) in [4.78, 5) is 28.0. The molecular formula is C29H29NO5. The quantitative estimate of drug-likeness (QED) is 0.265. The van der Waals surface area contributed by atoms with Gasteiger partial charge >= 0.3 is 0 Å². The van der Waals surface area contributed by atoms with Crippen LogP contribution in [0, 0.1) is 0 Å². The summed E-state index contributed by atoms with van der Waals surface area (Å²) < 4.78 is 11.5. The van der Waals surface area contributed by atoms with Crippen molar-refractivity contribution in [1.29, 1.82) is 0 Å². The Balaban J connectivity index is 1.81. The smallest absolute Gasteiger partial charge is 0.295 e. The minimum atomic E-state index is -0.756. The number of hydrogen-bond donors (Lipinski definition) is 1. The molecule has 1 atom stereocenters. The van der Waals surface area contributed by atoms with Gasteiger partial charge in [0.25, 0.3) is 11.7 Å². The van der Waals surface area contributed by atoms with Gasteiger partial charge in [-0.15, -0.1) is 0 Å². The Labute approximate surface area is 205 Å². The van der Waals surface area contributed by atoms with Gasteiger partial charge in [0.15, 0.2) is 11.5 Å². The first-order valence-electron chi connectivity index (χ1n) is 11.8. The zero-order chi connectivity index (χ0) is 24.8. The summed E-state index contributed by atoms with van der Waals surface area (Å²) in [6.07, 6.45) is 0.574. The first kappa shape index (κ1) is 24.1. The summed E-state index contributed by atoms with van der Waals surface area (Å²) in [5.74, 6) is -0.405. The molecule has 6 nitrogen and oxygen atoms in total. The molecule has 0 aromatic heterocycles. The van der Waals surface area contributed by atoms with E-state index in [-0.39, 0.29) is 11.3 Å². The van der Waals surface area contributed by atoms with Crippen molar-refractivity contribution in [3.8, 4) is 11.5 Å². The van der Waals surface area contributed by atoms with Gasteiger partial charge in [-0.3, -0.25) is 9.59 Å². The molecule has 1 N–H and O–H groups in total. The molecule has 1 aliphatic heterocycles. The molecule has 0 bridgehead atoms. The number of likely N-dealkylation sites (tertiary alicyclic amines) is 1. The number of carbonyl (C=O) groups is 2. The largest absolute Gasteiger partial charge is 0.507 e. The Morgan fingerprint density at radius 3 is 2.14 bits per heavy atom. The van der Waals surface area contributed by atoms with Gasteiger partial charge in [0.2, 0.25) is 0 Å². The van der Waals surface area contributed by atoms with E-state index < -0.39 is 17.7 Å². The summed E-state index contributed by atoms with van der Waals surface area (Å²) in [5.41, 5.74) is 2.27. The van der Waals surface area contributed by atoms with Gasteiger partial charge in [0, 0.05) is 12.1 Å². The summed E-state index contributed by atoms with van der Waals surface area (Å²) >= 11 is 0. The molecule has 0 saturated carbocycles. The van der Waals surface area contributed by atoms with Crippen molar-refractivity contribution < 1.29 is 24.2 Å². The fourth-order valence-electron chi connectivity index (χ4n) is 4.34. The zero-order valence-electron chi connectivity index (χ0n) is 19.9. The Kier molecular flexibility index (Phi) is 7.51. The monoisotopic (exact) mass is 471 g/mol. The van der Waals surface area contributed by atoms with E-state index in [0.29, 0.717) is 48.8 Å². The number of aliphatic hydroxyl groups is 1. The molecule has 0 spiro atoms. The summed E-state index contributed by atoms with van der Waals surface area (Å²) in [6.45, 7) is 5.00. The van der Waals surface area contributed by atoms with Crippen molar-refractivity contribution in [2.24, 2.45) is 0 Å². The molecule has 3 aromatic rings. The molecule has 1 aliphatic rings. The number of ether oxygens (including phenoxy) is 2. The second kappa shape index (κ2) is 10.9. The molecule has 0 aliphatic carbocycles. The Morgan fingerprint density at radius 1 is 0.857 bits per heavy atom. The summed E-state index contributed by atoms with van der Waals surface area (Å²) in [7, 11) is 0. The van der Waals surface area contributed by atoms with Gasteiger partial charge in [-0.2, -0.15) is 0 Å². The van der Waals surface area contributed by atoms with E-state index >= 15 is 0 Å². The molecule has 180 valence electrons. The molecule has 3 aromatic carbocycles. The van der Waals surface area contributed by atoms with E-state index in [1.165, 1.54) is 4.90 Å². The number of ketones is 1. The van der Waals surface area contributed by atoms with Crippen molar-refractivity contribution in [2.75, 3.05) is 19.8 Å². The summed E-state index contributed by atoms with van der Waals surface area (Å²) in [5, 5.41) is 11.2. The third-order valence-electron chi connectivity index (χ3n) is 5.95. The molecule has 1 fully saturated rings. The van der Waals surface area contributed by atoms with Crippen LogP contribution < -0.4 is 9.47 Å². The Morgan fingerprint density at radius 2 is 1.49 bits per heavy atom. The summed E-state index contributed by atoms with van der Waals surface area (Å²) in [6, 6.07) is 23.2. The second-order valence-electron chi connectivity index (χ2n) is 8.17. The number of benzene rings is 3. The lowest BCUT2D eigenvalue weighted by molar-refractivity contribution is -0.139. The number of Topliss-reactive ketones (excluding diaryl/α,β-unsaturated/α-hetero) is 1. The highest BCUT2D eigenvalue weighted by Gasteiger charge is 2.46. The fraction of sp³-hybridized carbons (Fsp3) is 0.241. The number of rotatable bonds is 9. The predicted octanol–water partition coefficient (Wildman–Crippen LogP) is 5.15. The van der Waals surface area contributed by atoms with E-state index in [1.54, 1.807) is 36.4 Å². The minimum Gasteiger partial charge on any atom is -0.507 e. The molecule has 1 unspecified atom stereocenters. The number of nitrogens with zero attached hydrogens (tertiary/aromatic N) is 1. The molecular weight excluding hydrogens is 442 g/mol. The van der Waals surface area contributed by atoms with Crippen molar-refractivity contribution in [3.63, 3.8) is 0 Å². The van der Waals surface area contributed by atoms with Gasteiger partial charge in [0.05, 0.1) is 24.8 Å². The van der Waals surface area contributed by atoms with Crippen LogP contribution in [-0.4, -0.2) is 41.5 Å². The maximum Gasteiger partial charge on any atom is 0.295 e. The first-order chi connectivity index (χ1) is 17.0. The lowest BCUT2D eigenvalue weighted by Crippen LogP contribution is -2.31. The van der Waals surface area contributed by atoms with E-state index in [2.05, 4.69) is 0 Å². The Hall–Kier alpha value is -4.06. The molecule has 6 heteroatoms. The maximum atomic E-state index is 13.2. The zero-order valence-corrected chi connectivity index (χ0v) is 19.9. The number of aliphatic hydroxyl groups excluding tert-OH is 1. The SMILES string of the molecule is CCOc1ccc(C2/C(=C(\O)c3ccccc3)C(=O)C(=O)N2CCc2ccccc2)cc1OCC. The molecule has 35 heavy (non-hydrogen) atoms. The lowest BCUT2D eigenvalue weighted by atomic mass is 9.95. The van der Waals surface area contributed by atoms with Crippen LogP contribution in [0.2, 0.25) is 0 Å². The average molecular weight is 472 g/mol. The molecule has 0 radical (unpaired) electrons. The second-order valence-corrected chi connectivity index (χ2v) is 8.17. The van der Waals surface area contributed by atoms with E-state index in [4.69, 9.17) is 9.47 Å². The van der Waals surface area contributed by atoms with Crippen LogP contribution in [0.5, 0.6) is 11.5 Å². The van der Waals surface area contributed by atoms with E-state index in [9.17, 15) is 14.7 Å². The van der Waals surface area contributed by atoms with Crippen LogP contribution in [-0.2, 0) is 16.0 Å². The van der Waals surface area contributed by atoms with Crippen LogP contribution in [0.1, 0.15) is 36.6 Å². The van der Waals surface area contributed by atoms with Gasteiger partial charge in [-0.1, -0.05) is 66.7 Å². The van der Waals surface area contributed by atoms with Gasteiger partial charge < -0.3 is 19.5 Å². The van der Waals surface area contributed by atoms with Crippen LogP contribution >= 0.6 is 0 Å². The molecule has 1 saturated heterocycles. The lowest BCUT2D eigenvalue weighted by Gasteiger charge is -2.26. The fourth-order valence-corrected chi connectivity index (χ4v) is 4.34. The third kappa shape index (κ3) is 5.06. The number of carbonyl (C=O) groups excluding carboxylic acids is 2. The standard InChI is InChI=1S/C29H29NO5/c1-3-34-23-16-15-22(19-24(23)35-4-2)26-25(27(31)21-13-9-6-10-14-21)28(32)29(33)30(26)18-17-20-11-7-5-8-12-20/h5-16,19,26,31H,3-4,17-18H2,1-2H3/b27-25+. The predicted molar refractivity (Wildman–Crippen MR) is 134 cm³/mol. The van der Waals surface area contributed by atoms with Crippen molar-refractivity contribution in [2.45, 2.75) is 26.3 Å². The van der Waals surface area contributed by atoms with E-state index in [0.717, 1.165) is 5.56 Å². The molecule has 1 amide bonds. The van der Waals surface area contributed by atoms with Crippen LogP contribution in [0.3, 0.4) is 0 Å². The van der Waals surface area contributed by atoms with Gasteiger partial charge in [0.1, 0.15) is 5.76 Å². The highest BCUT2D eigenvalue weighted by atomic mass is 16.5. The minimum absolute atomic E-state index is 0.0703. The maximum absolute atomic E-state index is 13.2. The molecule has 1 heterocycles. The van der Waals surface area contributed by atoms with Crippen LogP contribution in [0.15, 0.2) is 84.4 Å². The van der Waals surface area contributed by atoms with Gasteiger partial charge in [-0.05, 0) is 43.5 Å². The first-order valence-corrected chi connectivity index (χ1v) is 11.8. The highest BCUT2D eigenvalue weighted by molar-refractivity contribution is 6.46. The van der Waals surface area contributed by atoms with Crippen molar-refractivity contribution >= 4 is 17.4 Å². The normalized spacial score (nSPS) is 17.0. The van der Waals surface area contributed by atoms with Crippen molar-refractivity contribution in [1.82, 2.24) is 4.90 Å². The highest BCUT2D eigenvalue weighted by Crippen LogP contribution is 2.42. The van der Waals surface area contributed by atoms with Crippen LogP contribution in [0.4, 0.5) is 0 Å². The Bertz CT molecular complexity index is 1220. The van der Waals surface area contributed by atoms with Crippen LogP contribution in [0.25, 0.3) is 5.76 Å². The topological polar surface area (TPSA) is 76.1 Å². The van der Waals surface area contributed by atoms with Crippen molar-refractivity contribution in [3.05, 3.63) is 101 Å². The average Bonchev–Trinajstić information content (AvgIpc) is 3.14. The third-order valence-corrected chi connectivity index (χ3v) is 5.95.